The molecule has 32 heavy (non-hydrogen) atoms. The second kappa shape index (κ2) is 10.7. The molecule has 4 rings (SSSR count). The van der Waals surface area contributed by atoms with Crippen LogP contribution in [-0.2, 0) is 11.4 Å². The van der Waals surface area contributed by atoms with Crippen LogP contribution in [0, 0.1) is 0 Å². The molecule has 0 spiro atoms. The Bertz CT molecular complexity index is 1030. The largest absolute Gasteiger partial charge is 0.490 e. The Labute approximate surface area is 203 Å². The van der Waals surface area contributed by atoms with Gasteiger partial charge in [-0.15, -0.1) is 0 Å². The average molecular weight is 488 g/mol. The van der Waals surface area contributed by atoms with Gasteiger partial charge in [-0.2, -0.15) is 0 Å². The summed E-state index contributed by atoms with van der Waals surface area (Å²) >= 11 is 13.2. The predicted octanol–water partition coefficient (Wildman–Crippen LogP) is 6.85. The Morgan fingerprint density at radius 1 is 1.12 bits per heavy atom. The van der Waals surface area contributed by atoms with E-state index in [1.165, 1.54) is 18.2 Å². The number of hydrogen-bond donors (Lipinski definition) is 0. The van der Waals surface area contributed by atoms with Crippen LogP contribution in [0.4, 0.5) is 0 Å². The molecule has 168 valence electrons. The minimum atomic E-state index is 0.0175. The summed E-state index contributed by atoms with van der Waals surface area (Å²) in [6.07, 6.45) is 7.52. The lowest BCUT2D eigenvalue weighted by atomic mass is 9.94. The fourth-order valence-corrected chi connectivity index (χ4v) is 5.65. The van der Waals surface area contributed by atoms with Crippen molar-refractivity contribution in [1.29, 1.82) is 0 Å². The van der Waals surface area contributed by atoms with Gasteiger partial charge in [-0.1, -0.05) is 79.1 Å². The van der Waals surface area contributed by atoms with Crippen molar-refractivity contribution >= 4 is 51.9 Å². The van der Waals surface area contributed by atoms with Gasteiger partial charge in [0.25, 0.3) is 5.91 Å². The van der Waals surface area contributed by atoms with Crippen molar-refractivity contribution in [3.63, 3.8) is 0 Å². The van der Waals surface area contributed by atoms with E-state index >= 15 is 0 Å². The zero-order valence-corrected chi connectivity index (χ0v) is 20.4. The van der Waals surface area contributed by atoms with Gasteiger partial charge in [0.1, 0.15) is 10.9 Å². The predicted molar refractivity (Wildman–Crippen MR) is 135 cm³/mol. The molecule has 1 saturated heterocycles. The number of ether oxygens (including phenoxy) is 2. The first-order valence-corrected chi connectivity index (χ1v) is 12.6. The molecule has 1 aliphatic carbocycles. The van der Waals surface area contributed by atoms with E-state index in [-0.39, 0.29) is 11.9 Å². The lowest BCUT2D eigenvalue weighted by Crippen LogP contribution is -2.39. The van der Waals surface area contributed by atoms with E-state index in [1.807, 2.05) is 60.4 Å². The number of thiocarbonyl (C=S) groups is 1. The molecule has 2 aliphatic rings. The smallest absolute Gasteiger partial charge is 0.266 e. The first kappa shape index (κ1) is 23.1. The molecule has 1 amide bonds. The van der Waals surface area contributed by atoms with E-state index in [2.05, 4.69) is 0 Å². The third-order valence-corrected chi connectivity index (χ3v) is 7.37. The highest BCUT2D eigenvalue weighted by atomic mass is 35.5. The molecule has 0 bridgehead atoms. The first-order valence-electron chi connectivity index (χ1n) is 11.0. The monoisotopic (exact) mass is 487 g/mol. The highest BCUT2D eigenvalue weighted by Gasteiger charge is 2.37. The Morgan fingerprint density at radius 2 is 1.91 bits per heavy atom. The number of rotatable bonds is 7. The SMILES string of the molecule is CCOc1cc(/C=C2/SC(=S)N(C3CCCCC3)C2=O)ccc1OCc1ccccc1Cl. The van der Waals surface area contributed by atoms with Gasteiger partial charge in [0.05, 0.1) is 11.5 Å². The van der Waals surface area contributed by atoms with Crippen LogP contribution in [0.3, 0.4) is 0 Å². The van der Waals surface area contributed by atoms with Crippen molar-refractivity contribution in [2.24, 2.45) is 0 Å². The molecule has 2 aromatic carbocycles. The standard InChI is InChI=1S/C25H26ClNO3S2/c1-2-29-22-14-17(12-13-21(22)30-16-18-8-6-7-11-20(18)26)15-23-24(28)27(25(31)32-23)19-9-4-3-5-10-19/h6-8,11-15,19H,2-5,9-10,16H2,1H3/b23-15+. The van der Waals surface area contributed by atoms with Crippen LogP contribution in [-0.4, -0.2) is 27.8 Å². The minimum Gasteiger partial charge on any atom is -0.490 e. The Balaban J connectivity index is 1.51. The quantitative estimate of drug-likeness (QED) is 0.315. The van der Waals surface area contributed by atoms with Crippen LogP contribution in [0.5, 0.6) is 11.5 Å². The van der Waals surface area contributed by atoms with Gasteiger partial charge in [-0.3, -0.25) is 9.69 Å². The van der Waals surface area contributed by atoms with E-state index in [1.54, 1.807) is 0 Å². The molecule has 1 aliphatic heterocycles. The van der Waals surface area contributed by atoms with E-state index < -0.39 is 0 Å². The number of carbonyl (C=O) groups excluding carboxylic acids is 1. The number of amides is 1. The maximum atomic E-state index is 13.1. The summed E-state index contributed by atoms with van der Waals surface area (Å²) in [5.41, 5.74) is 1.79. The topological polar surface area (TPSA) is 38.8 Å². The average Bonchev–Trinajstić information content (AvgIpc) is 3.07. The number of halogens is 1. The van der Waals surface area contributed by atoms with Crippen LogP contribution in [0.15, 0.2) is 47.4 Å². The van der Waals surface area contributed by atoms with Crippen molar-refractivity contribution < 1.29 is 14.3 Å². The second-order valence-electron chi connectivity index (χ2n) is 7.86. The molecule has 0 unspecified atom stereocenters. The lowest BCUT2D eigenvalue weighted by molar-refractivity contribution is -0.124. The molecule has 2 fully saturated rings. The Kier molecular flexibility index (Phi) is 7.76. The number of carbonyl (C=O) groups is 1. The number of thioether (sulfide) groups is 1. The summed E-state index contributed by atoms with van der Waals surface area (Å²) in [4.78, 5) is 15.6. The number of nitrogens with zero attached hydrogens (tertiary/aromatic N) is 1. The number of hydrogen-bond acceptors (Lipinski definition) is 5. The maximum Gasteiger partial charge on any atom is 0.266 e. The van der Waals surface area contributed by atoms with Gasteiger partial charge >= 0.3 is 0 Å². The van der Waals surface area contributed by atoms with E-state index in [9.17, 15) is 4.79 Å². The van der Waals surface area contributed by atoms with Crippen molar-refractivity contribution in [3.05, 3.63) is 63.5 Å². The highest BCUT2D eigenvalue weighted by Crippen LogP contribution is 2.38. The molecule has 1 saturated carbocycles. The van der Waals surface area contributed by atoms with Crippen LogP contribution in [0.1, 0.15) is 50.2 Å². The van der Waals surface area contributed by atoms with E-state index in [0.29, 0.717) is 39.0 Å². The summed E-state index contributed by atoms with van der Waals surface area (Å²) in [5, 5.41) is 0.669. The molecule has 7 heteroatoms. The van der Waals surface area contributed by atoms with Gasteiger partial charge in [0.2, 0.25) is 0 Å². The maximum absolute atomic E-state index is 13.1. The minimum absolute atomic E-state index is 0.0175. The van der Waals surface area contributed by atoms with Crippen molar-refractivity contribution in [2.45, 2.75) is 51.7 Å². The van der Waals surface area contributed by atoms with Crippen LogP contribution >= 0.6 is 35.6 Å². The zero-order chi connectivity index (χ0) is 22.5. The van der Waals surface area contributed by atoms with Gasteiger partial charge in [-0.25, -0.2) is 0 Å². The fourth-order valence-electron chi connectivity index (χ4n) is 4.06. The zero-order valence-electron chi connectivity index (χ0n) is 18.0. The molecule has 1 heterocycles. The van der Waals surface area contributed by atoms with Gasteiger partial charge in [0.15, 0.2) is 11.5 Å². The summed E-state index contributed by atoms with van der Waals surface area (Å²) in [6, 6.07) is 13.5. The molecular weight excluding hydrogens is 462 g/mol. The summed E-state index contributed by atoms with van der Waals surface area (Å²) < 4.78 is 12.5. The molecule has 0 N–H and O–H groups in total. The first-order chi connectivity index (χ1) is 15.6. The molecular formula is C25H26ClNO3S2. The van der Waals surface area contributed by atoms with E-state index in [0.717, 1.165) is 36.8 Å². The van der Waals surface area contributed by atoms with Gasteiger partial charge < -0.3 is 9.47 Å². The molecule has 0 radical (unpaired) electrons. The second-order valence-corrected chi connectivity index (χ2v) is 9.95. The molecule has 2 aromatic rings. The van der Waals surface area contributed by atoms with Crippen molar-refractivity contribution in [2.75, 3.05) is 6.61 Å². The normalized spacial score (nSPS) is 18.4. The fraction of sp³-hybridized carbons (Fsp3) is 0.360. The van der Waals surface area contributed by atoms with Crippen molar-refractivity contribution in [3.8, 4) is 11.5 Å². The van der Waals surface area contributed by atoms with E-state index in [4.69, 9.17) is 33.3 Å². The third kappa shape index (κ3) is 5.30. The molecule has 0 aromatic heterocycles. The van der Waals surface area contributed by atoms with Crippen molar-refractivity contribution in [1.82, 2.24) is 4.90 Å². The molecule has 0 atom stereocenters. The summed E-state index contributed by atoms with van der Waals surface area (Å²) in [7, 11) is 0. The molecule has 4 nitrogen and oxygen atoms in total. The lowest BCUT2D eigenvalue weighted by Gasteiger charge is -2.29. The van der Waals surface area contributed by atoms with Gasteiger partial charge in [0, 0.05) is 16.6 Å². The van der Waals surface area contributed by atoms with Gasteiger partial charge in [-0.05, 0) is 49.6 Å². The number of benzene rings is 2. The summed E-state index contributed by atoms with van der Waals surface area (Å²) in [5.74, 6) is 1.29. The Hall–Kier alpha value is -2.02. The highest BCUT2D eigenvalue weighted by molar-refractivity contribution is 8.26. The summed E-state index contributed by atoms with van der Waals surface area (Å²) in [6.45, 7) is 2.79. The van der Waals surface area contributed by atoms with Crippen LogP contribution in [0.25, 0.3) is 6.08 Å². The van der Waals surface area contributed by atoms with Crippen LogP contribution in [0.2, 0.25) is 5.02 Å². The third-order valence-electron chi connectivity index (χ3n) is 5.67. The van der Waals surface area contributed by atoms with Crippen LogP contribution < -0.4 is 9.47 Å². The Morgan fingerprint density at radius 3 is 2.66 bits per heavy atom.